The predicted molar refractivity (Wildman–Crippen MR) is 90.0 cm³/mol. The van der Waals surface area contributed by atoms with Gasteiger partial charge in [-0.3, -0.25) is 4.79 Å². The van der Waals surface area contributed by atoms with Gasteiger partial charge >= 0.3 is 0 Å². The minimum atomic E-state index is 0.0883. The third-order valence-electron chi connectivity index (χ3n) is 5.26. The number of hydrogen-bond acceptors (Lipinski definition) is 2. The molecule has 22 heavy (non-hydrogen) atoms. The van der Waals surface area contributed by atoms with Crippen molar-refractivity contribution < 1.29 is 4.79 Å². The lowest BCUT2D eigenvalue weighted by atomic mass is 10.00. The van der Waals surface area contributed by atoms with Gasteiger partial charge in [-0.05, 0) is 49.9 Å². The number of rotatable bonds is 4. The van der Waals surface area contributed by atoms with Gasteiger partial charge in [-0.1, -0.05) is 37.1 Å². The molecule has 1 amide bonds. The highest BCUT2D eigenvalue weighted by Crippen LogP contribution is 2.33. The van der Waals surface area contributed by atoms with E-state index in [1.807, 2.05) is 11.9 Å². The maximum Gasteiger partial charge on any atom is 0.229 e. The molecule has 1 saturated heterocycles. The number of likely N-dealkylation sites (N-methyl/N-ethyl adjacent to an activating group) is 1. The fourth-order valence-electron chi connectivity index (χ4n) is 3.84. The molecule has 0 bridgehead atoms. The van der Waals surface area contributed by atoms with Crippen LogP contribution in [-0.2, 0) is 11.2 Å². The highest BCUT2D eigenvalue weighted by Gasteiger charge is 2.30. The van der Waals surface area contributed by atoms with Crippen molar-refractivity contribution in [1.29, 1.82) is 0 Å². The van der Waals surface area contributed by atoms with Gasteiger partial charge in [0, 0.05) is 20.1 Å². The number of amides is 1. The van der Waals surface area contributed by atoms with E-state index in [-0.39, 0.29) is 5.92 Å². The summed E-state index contributed by atoms with van der Waals surface area (Å²) in [5, 5.41) is 0. The Labute approximate surface area is 134 Å². The van der Waals surface area contributed by atoms with E-state index in [0.29, 0.717) is 5.91 Å². The van der Waals surface area contributed by atoms with Crippen molar-refractivity contribution in [3.05, 3.63) is 35.4 Å². The van der Waals surface area contributed by atoms with Crippen LogP contribution in [0.4, 0.5) is 0 Å². The summed E-state index contributed by atoms with van der Waals surface area (Å²) in [5.74, 6) is 0.394. The predicted octanol–water partition coefficient (Wildman–Crippen LogP) is 3.05. The number of likely N-dealkylation sites (tertiary alicyclic amines) is 1. The number of aryl methyl sites for hydroxylation is 1. The van der Waals surface area contributed by atoms with Crippen LogP contribution < -0.4 is 0 Å². The molecule has 0 saturated carbocycles. The smallest absolute Gasteiger partial charge is 0.229 e. The zero-order valence-electron chi connectivity index (χ0n) is 13.8. The van der Waals surface area contributed by atoms with Crippen LogP contribution in [0.2, 0.25) is 0 Å². The maximum atomic E-state index is 12.8. The lowest BCUT2D eigenvalue weighted by Gasteiger charge is -2.26. The Bertz CT molecular complexity index is 506. The Morgan fingerprint density at radius 2 is 1.91 bits per heavy atom. The first-order chi connectivity index (χ1) is 10.8. The summed E-state index contributed by atoms with van der Waals surface area (Å²) in [4.78, 5) is 17.2. The first-order valence-electron chi connectivity index (χ1n) is 8.81. The zero-order valence-corrected chi connectivity index (χ0v) is 13.8. The molecule has 3 heteroatoms. The summed E-state index contributed by atoms with van der Waals surface area (Å²) in [6.45, 7) is 4.29. The van der Waals surface area contributed by atoms with Crippen LogP contribution >= 0.6 is 0 Å². The topological polar surface area (TPSA) is 23.6 Å². The lowest BCUT2D eigenvalue weighted by Crippen LogP contribution is -2.38. The highest BCUT2D eigenvalue weighted by atomic mass is 16.2. The van der Waals surface area contributed by atoms with Crippen LogP contribution in [0.3, 0.4) is 0 Å². The van der Waals surface area contributed by atoms with Crippen molar-refractivity contribution in [2.75, 3.05) is 33.2 Å². The second kappa shape index (κ2) is 7.28. The summed E-state index contributed by atoms with van der Waals surface area (Å²) in [7, 11) is 1.97. The quantitative estimate of drug-likeness (QED) is 0.853. The number of hydrogen-bond donors (Lipinski definition) is 0. The molecule has 1 unspecified atom stereocenters. The maximum absolute atomic E-state index is 12.8. The lowest BCUT2D eigenvalue weighted by molar-refractivity contribution is -0.131. The van der Waals surface area contributed by atoms with E-state index >= 15 is 0 Å². The molecular weight excluding hydrogens is 272 g/mol. The first-order valence-corrected chi connectivity index (χ1v) is 8.81. The Kier molecular flexibility index (Phi) is 5.14. The van der Waals surface area contributed by atoms with Gasteiger partial charge in [0.25, 0.3) is 0 Å². The normalized spacial score (nSPS) is 22.1. The number of fused-ring (bicyclic) bond motifs is 1. The van der Waals surface area contributed by atoms with Crippen LogP contribution in [-0.4, -0.2) is 48.9 Å². The molecule has 0 spiro atoms. The van der Waals surface area contributed by atoms with Crippen LogP contribution in [0.25, 0.3) is 0 Å². The van der Waals surface area contributed by atoms with Crippen LogP contribution in [0.5, 0.6) is 0 Å². The molecule has 0 radical (unpaired) electrons. The second-order valence-electron chi connectivity index (χ2n) is 6.81. The first kappa shape index (κ1) is 15.5. The number of benzene rings is 1. The summed E-state index contributed by atoms with van der Waals surface area (Å²) < 4.78 is 0. The number of nitrogens with zero attached hydrogens (tertiary/aromatic N) is 2. The summed E-state index contributed by atoms with van der Waals surface area (Å²) in [6.07, 6.45) is 7.38. The molecule has 1 aliphatic carbocycles. The van der Waals surface area contributed by atoms with Crippen molar-refractivity contribution in [2.24, 2.45) is 0 Å². The Hall–Kier alpha value is -1.35. The third kappa shape index (κ3) is 3.52. The minimum Gasteiger partial charge on any atom is -0.344 e. The van der Waals surface area contributed by atoms with Crippen LogP contribution in [0, 0.1) is 0 Å². The van der Waals surface area contributed by atoms with Gasteiger partial charge in [0.05, 0.1) is 5.92 Å². The monoisotopic (exact) mass is 300 g/mol. The molecular formula is C19H28N2O. The van der Waals surface area contributed by atoms with Gasteiger partial charge in [-0.15, -0.1) is 0 Å². The van der Waals surface area contributed by atoms with Gasteiger partial charge in [0.15, 0.2) is 0 Å². The van der Waals surface area contributed by atoms with E-state index < -0.39 is 0 Å². The fourth-order valence-corrected chi connectivity index (χ4v) is 3.84. The zero-order chi connectivity index (χ0) is 15.4. The highest BCUT2D eigenvalue weighted by molar-refractivity contribution is 5.84. The van der Waals surface area contributed by atoms with Gasteiger partial charge in [-0.2, -0.15) is 0 Å². The summed E-state index contributed by atoms with van der Waals surface area (Å²) >= 11 is 0. The Balaban J connectivity index is 1.54. The van der Waals surface area contributed by atoms with Crippen molar-refractivity contribution in [2.45, 2.75) is 44.4 Å². The SMILES string of the molecule is CN(CCN1CCCCCC1)C(=O)C1CCc2ccccc21. The molecule has 1 atom stereocenters. The average molecular weight is 300 g/mol. The van der Waals surface area contributed by atoms with Crippen LogP contribution in [0.1, 0.15) is 49.1 Å². The largest absolute Gasteiger partial charge is 0.344 e. The average Bonchev–Trinajstić information content (AvgIpc) is 2.80. The molecule has 1 fully saturated rings. The molecule has 2 aliphatic rings. The van der Waals surface area contributed by atoms with Gasteiger partial charge in [0.2, 0.25) is 5.91 Å². The van der Waals surface area contributed by atoms with E-state index in [9.17, 15) is 4.79 Å². The molecule has 0 aromatic heterocycles. The molecule has 1 aliphatic heterocycles. The molecule has 3 rings (SSSR count). The van der Waals surface area contributed by atoms with E-state index in [1.54, 1.807) is 0 Å². The third-order valence-corrected chi connectivity index (χ3v) is 5.26. The van der Waals surface area contributed by atoms with Crippen LogP contribution in [0.15, 0.2) is 24.3 Å². The molecule has 0 N–H and O–H groups in total. The second-order valence-corrected chi connectivity index (χ2v) is 6.81. The van der Waals surface area contributed by atoms with Crippen molar-refractivity contribution in [3.63, 3.8) is 0 Å². The molecule has 1 aromatic rings. The Morgan fingerprint density at radius 3 is 2.68 bits per heavy atom. The van der Waals surface area contributed by atoms with Crippen molar-refractivity contribution in [1.82, 2.24) is 9.80 Å². The number of carbonyl (C=O) groups is 1. The van der Waals surface area contributed by atoms with Gasteiger partial charge in [-0.25, -0.2) is 0 Å². The van der Waals surface area contributed by atoms with E-state index in [4.69, 9.17) is 0 Å². The van der Waals surface area contributed by atoms with E-state index in [0.717, 1.165) is 25.9 Å². The van der Waals surface area contributed by atoms with Crippen molar-refractivity contribution >= 4 is 5.91 Å². The van der Waals surface area contributed by atoms with Gasteiger partial charge < -0.3 is 9.80 Å². The fraction of sp³-hybridized carbons (Fsp3) is 0.632. The molecule has 1 aromatic carbocycles. The molecule has 3 nitrogen and oxygen atoms in total. The molecule has 1 heterocycles. The Morgan fingerprint density at radius 1 is 1.18 bits per heavy atom. The standard InChI is InChI=1S/C19H28N2O/c1-20(14-15-21-12-6-2-3-7-13-21)19(22)18-11-10-16-8-4-5-9-17(16)18/h4-5,8-9,18H,2-3,6-7,10-15H2,1H3. The van der Waals surface area contributed by atoms with E-state index in [1.165, 1.54) is 49.9 Å². The molecule has 120 valence electrons. The number of carbonyl (C=O) groups excluding carboxylic acids is 1. The van der Waals surface area contributed by atoms with Crippen molar-refractivity contribution in [3.8, 4) is 0 Å². The van der Waals surface area contributed by atoms with Gasteiger partial charge in [0.1, 0.15) is 0 Å². The summed E-state index contributed by atoms with van der Waals surface area (Å²) in [6, 6.07) is 8.43. The van der Waals surface area contributed by atoms with E-state index in [2.05, 4.69) is 29.2 Å². The minimum absolute atomic E-state index is 0.0883. The summed E-state index contributed by atoms with van der Waals surface area (Å²) in [5.41, 5.74) is 2.62.